The first kappa shape index (κ1) is 22.2. The van der Waals surface area contributed by atoms with Gasteiger partial charge in [-0.2, -0.15) is 5.10 Å². The highest BCUT2D eigenvalue weighted by Crippen LogP contribution is 2.48. The Kier molecular flexibility index (Phi) is 4.96. The Morgan fingerprint density at radius 2 is 1.87 bits per heavy atom. The Morgan fingerprint density at radius 3 is 2.63 bits per heavy atom. The number of H-pyrrole nitrogens is 1. The SMILES string of the molecule is Cc1[nH]nc2c1[C@H](c1cnn(C)c1)c1c(ncn3nc(-c4ccc(COc5ccc(F)cc5)cc4)nc13)O2. The van der Waals surface area contributed by atoms with Gasteiger partial charge >= 0.3 is 0 Å². The fourth-order valence-corrected chi connectivity index (χ4v) is 4.76. The van der Waals surface area contributed by atoms with Crippen LogP contribution in [0.2, 0.25) is 0 Å². The summed E-state index contributed by atoms with van der Waals surface area (Å²) in [5.41, 5.74) is 6.08. The van der Waals surface area contributed by atoms with Crippen LogP contribution in [0, 0.1) is 12.7 Å². The van der Waals surface area contributed by atoms with E-state index in [1.54, 1.807) is 27.7 Å². The topological polar surface area (TPSA) is 108 Å². The number of ether oxygens (including phenoxy) is 2. The Hall–Kier alpha value is -5.06. The van der Waals surface area contributed by atoms with Gasteiger partial charge in [0.2, 0.25) is 11.8 Å². The van der Waals surface area contributed by atoms with Crippen LogP contribution in [0.15, 0.2) is 67.3 Å². The first-order valence-electron chi connectivity index (χ1n) is 12.0. The summed E-state index contributed by atoms with van der Waals surface area (Å²) in [6, 6.07) is 13.8. The lowest BCUT2D eigenvalue weighted by atomic mass is 9.86. The fourth-order valence-electron chi connectivity index (χ4n) is 4.76. The van der Waals surface area contributed by atoms with Crippen molar-refractivity contribution in [2.75, 3.05) is 0 Å². The normalized spacial score (nSPS) is 14.2. The van der Waals surface area contributed by atoms with Crippen molar-refractivity contribution in [3.8, 4) is 28.9 Å². The van der Waals surface area contributed by atoms with Crippen molar-refractivity contribution in [3.63, 3.8) is 0 Å². The van der Waals surface area contributed by atoms with Gasteiger partial charge in [0.1, 0.15) is 24.5 Å². The number of halogens is 1. The molecule has 0 unspecified atom stereocenters. The zero-order chi connectivity index (χ0) is 25.8. The van der Waals surface area contributed by atoms with E-state index >= 15 is 0 Å². The molecule has 0 bridgehead atoms. The van der Waals surface area contributed by atoms with E-state index in [4.69, 9.17) is 19.6 Å². The van der Waals surface area contributed by atoms with Gasteiger partial charge in [0.05, 0.1) is 17.7 Å². The van der Waals surface area contributed by atoms with E-state index in [1.807, 2.05) is 50.6 Å². The minimum atomic E-state index is -0.295. The molecule has 4 aromatic heterocycles. The van der Waals surface area contributed by atoms with Crippen molar-refractivity contribution in [1.29, 1.82) is 0 Å². The monoisotopic (exact) mass is 508 g/mol. The van der Waals surface area contributed by atoms with Gasteiger partial charge in [0.25, 0.3) is 0 Å². The number of rotatable bonds is 5. The molecule has 1 N–H and O–H groups in total. The van der Waals surface area contributed by atoms with E-state index < -0.39 is 0 Å². The van der Waals surface area contributed by atoms with Crippen LogP contribution < -0.4 is 9.47 Å². The predicted octanol–water partition coefficient (Wildman–Crippen LogP) is 4.56. The minimum absolute atomic E-state index is 0.222. The molecule has 7 rings (SSSR count). The van der Waals surface area contributed by atoms with Gasteiger partial charge in [-0.25, -0.2) is 18.9 Å². The van der Waals surface area contributed by atoms with E-state index in [0.717, 1.165) is 33.5 Å². The van der Waals surface area contributed by atoms with Gasteiger partial charge in [-0.3, -0.25) is 9.78 Å². The molecule has 0 saturated carbocycles. The zero-order valence-corrected chi connectivity index (χ0v) is 20.5. The van der Waals surface area contributed by atoms with E-state index in [2.05, 4.69) is 20.3 Å². The largest absolute Gasteiger partial charge is 0.489 e. The van der Waals surface area contributed by atoms with Gasteiger partial charge in [-0.15, -0.1) is 10.2 Å². The molecule has 6 aromatic rings. The van der Waals surface area contributed by atoms with Crippen LogP contribution in [0.3, 0.4) is 0 Å². The average Bonchev–Trinajstić information content (AvgIpc) is 3.66. The molecule has 1 atom stereocenters. The summed E-state index contributed by atoms with van der Waals surface area (Å²) in [5, 5.41) is 16.4. The van der Waals surface area contributed by atoms with Crippen molar-refractivity contribution in [2.24, 2.45) is 7.05 Å². The van der Waals surface area contributed by atoms with Crippen LogP contribution in [0.5, 0.6) is 17.5 Å². The van der Waals surface area contributed by atoms with E-state index in [9.17, 15) is 4.39 Å². The van der Waals surface area contributed by atoms with Crippen LogP contribution in [0.25, 0.3) is 17.0 Å². The van der Waals surface area contributed by atoms with E-state index in [1.165, 1.54) is 12.1 Å². The molecule has 38 heavy (non-hydrogen) atoms. The fraction of sp³-hybridized carbons (Fsp3) is 0.148. The molecule has 0 amide bonds. The van der Waals surface area contributed by atoms with Crippen LogP contribution in [0.1, 0.15) is 33.9 Å². The number of benzene rings is 2. The predicted molar refractivity (Wildman–Crippen MR) is 135 cm³/mol. The first-order chi connectivity index (χ1) is 18.5. The Balaban J connectivity index is 1.24. The maximum absolute atomic E-state index is 13.1. The molecule has 10 nitrogen and oxygen atoms in total. The van der Waals surface area contributed by atoms with Gasteiger partial charge in [-0.05, 0) is 36.8 Å². The van der Waals surface area contributed by atoms with Crippen LogP contribution in [0.4, 0.5) is 4.39 Å². The Morgan fingerprint density at radius 1 is 1.05 bits per heavy atom. The van der Waals surface area contributed by atoms with Crippen molar-refractivity contribution >= 4 is 5.65 Å². The number of fused-ring (bicyclic) bond motifs is 4. The third-order valence-electron chi connectivity index (χ3n) is 6.61. The summed E-state index contributed by atoms with van der Waals surface area (Å²) in [5.74, 6) is 1.59. The van der Waals surface area contributed by atoms with Gasteiger partial charge in [0, 0.05) is 35.6 Å². The maximum Gasteiger partial charge on any atom is 0.244 e. The number of hydrogen-bond acceptors (Lipinski definition) is 7. The Bertz CT molecular complexity index is 1790. The Labute approximate surface area is 215 Å². The molecular formula is C27H21FN8O2. The molecule has 188 valence electrons. The number of aryl methyl sites for hydroxylation is 2. The van der Waals surface area contributed by atoms with Crippen LogP contribution in [-0.2, 0) is 13.7 Å². The molecule has 0 radical (unpaired) electrons. The lowest BCUT2D eigenvalue weighted by Crippen LogP contribution is -2.14. The molecule has 0 fully saturated rings. The van der Waals surface area contributed by atoms with Gasteiger partial charge in [-0.1, -0.05) is 24.3 Å². The second kappa shape index (κ2) is 8.51. The summed E-state index contributed by atoms with van der Waals surface area (Å²) in [6.07, 6.45) is 5.41. The van der Waals surface area contributed by atoms with Crippen LogP contribution in [-0.4, -0.2) is 39.6 Å². The standard InChI is InChI=1S/C27H21FN8O2/c1-15-21-22(18-11-30-35(2)12-18)23-25-31-24(34-36(25)14-29-26(23)38-27(21)33-32-15)17-5-3-16(4-6-17)13-37-20-9-7-19(28)8-10-20/h3-12,14,22H,13H2,1-2H3,(H,32,33)/t22-/m0/s1. The molecule has 1 aliphatic heterocycles. The van der Waals surface area contributed by atoms with Crippen molar-refractivity contribution < 1.29 is 13.9 Å². The van der Waals surface area contributed by atoms with Crippen molar-refractivity contribution in [2.45, 2.75) is 19.4 Å². The number of nitrogens with one attached hydrogen (secondary N) is 1. The number of hydrogen-bond donors (Lipinski definition) is 1. The lowest BCUT2D eigenvalue weighted by molar-refractivity contribution is 0.306. The first-order valence-corrected chi connectivity index (χ1v) is 12.0. The van der Waals surface area contributed by atoms with Gasteiger partial charge in [0.15, 0.2) is 11.5 Å². The summed E-state index contributed by atoms with van der Waals surface area (Å²) >= 11 is 0. The maximum atomic E-state index is 13.1. The van der Waals surface area contributed by atoms with E-state index in [-0.39, 0.29) is 11.7 Å². The van der Waals surface area contributed by atoms with E-state index in [0.29, 0.717) is 35.6 Å². The molecule has 5 heterocycles. The number of nitrogens with zero attached hydrogens (tertiary/aromatic N) is 7. The molecule has 11 heteroatoms. The molecule has 2 aromatic carbocycles. The summed E-state index contributed by atoms with van der Waals surface area (Å²) in [6.45, 7) is 2.33. The number of aromatic nitrogens is 8. The summed E-state index contributed by atoms with van der Waals surface area (Å²) in [7, 11) is 1.88. The third-order valence-corrected chi connectivity index (χ3v) is 6.61. The van der Waals surface area contributed by atoms with Crippen molar-refractivity contribution in [3.05, 3.63) is 101 Å². The molecule has 0 saturated heterocycles. The van der Waals surface area contributed by atoms with Crippen molar-refractivity contribution in [1.82, 2.24) is 39.6 Å². The second-order valence-electron chi connectivity index (χ2n) is 9.16. The lowest BCUT2D eigenvalue weighted by Gasteiger charge is -2.24. The average molecular weight is 509 g/mol. The molecule has 0 spiro atoms. The van der Waals surface area contributed by atoms with Crippen LogP contribution >= 0.6 is 0 Å². The van der Waals surface area contributed by atoms with Gasteiger partial charge < -0.3 is 9.47 Å². The number of aromatic amines is 1. The zero-order valence-electron chi connectivity index (χ0n) is 20.5. The molecule has 0 aliphatic carbocycles. The molecule has 1 aliphatic rings. The minimum Gasteiger partial charge on any atom is -0.489 e. The summed E-state index contributed by atoms with van der Waals surface area (Å²) < 4.78 is 28.4. The quantitative estimate of drug-likeness (QED) is 0.363. The third kappa shape index (κ3) is 3.67. The highest BCUT2D eigenvalue weighted by atomic mass is 19.1. The second-order valence-corrected chi connectivity index (χ2v) is 9.16. The summed E-state index contributed by atoms with van der Waals surface area (Å²) in [4.78, 5) is 9.44. The highest BCUT2D eigenvalue weighted by Gasteiger charge is 2.37. The molecular weight excluding hydrogens is 487 g/mol. The smallest absolute Gasteiger partial charge is 0.244 e. The highest BCUT2D eigenvalue weighted by molar-refractivity contribution is 5.68.